The largest absolute Gasteiger partial charge is 0.504 e. The summed E-state index contributed by atoms with van der Waals surface area (Å²) in [5, 5.41) is 13.7. The minimum atomic E-state index is -1.66. The van der Waals surface area contributed by atoms with E-state index in [9.17, 15) is 18.4 Å². The van der Waals surface area contributed by atoms with Gasteiger partial charge in [-0.05, 0) is 66.8 Å². The van der Waals surface area contributed by atoms with Crippen LogP contribution in [0.2, 0.25) is 5.02 Å². The summed E-state index contributed by atoms with van der Waals surface area (Å²) in [6, 6.07) is 14.6. The molecule has 0 atom stereocenters. The van der Waals surface area contributed by atoms with E-state index < -0.39 is 34.4 Å². The van der Waals surface area contributed by atoms with Crippen LogP contribution < -0.4 is 11.5 Å². The van der Waals surface area contributed by atoms with Crippen LogP contribution in [-0.4, -0.2) is 46.6 Å². The van der Waals surface area contributed by atoms with Gasteiger partial charge in [-0.3, -0.25) is 14.2 Å². The Hall–Kier alpha value is -5.69. The molecule has 1 amide bonds. The first-order valence-corrected chi connectivity index (χ1v) is 13.9. The van der Waals surface area contributed by atoms with Gasteiger partial charge in [0.25, 0.3) is 5.91 Å². The van der Waals surface area contributed by atoms with Crippen molar-refractivity contribution in [3.05, 3.63) is 106 Å². The third kappa shape index (κ3) is 5.33. The van der Waals surface area contributed by atoms with Crippen molar-refractivity contribution >= 4 is 40.8 Å². The summed E-state index contributed by atoms with van der Waals surface area (Å²) in [5.74, 6) is -3.90. The van der Waals surface area contributed by atoms with Crippen LogP contribution in [0.15, 0.2) is 67.1 Å². The van der Waals surface area contributed by atoms with Crippen molar-refractivity contribution in [2.24, 2.45) is 5.73 Å². The maximum absolute atomic E-state index is 12.9. The Morgan fingerprint density at radius 3 is 2.53 bits per heavy atom. The number of rotatable bonds is 5. The molecular weight excluding hydrogens is 606 g/mol. The molecular formula is C31H23ClF2N8O3. The van der Waals surface area contributed by atoms with Gasteiger partial charge in [-0.1, -0.05) is 17.7 Å². The Labute approximate surface area is 258 Å². The third-order valence-electron chi connectivity index (χ3n) is 7.32. The molecule has 11 nitrogen and oxygen atoms in total. The molecule has 0 saturated carbocycles. The molecule has 5 N–H and O–H groups in total. The number of nitrogens with zero attached hydrogens (tertiary/aromatic N) is 6. The summed E-state index contributed by atoms with van der Waals surface area (Å²) in [6.07, 6.45) is 8.68. The summed E-state index contributed by atoms with van der Waals surface area (Å²) in [5.41, 5.74) is 15.4. The molecule has 45 heavy (non-hydrogen) atoms. The molecule has 14 heteroatoms. The predicted molar refractivity (Wildman–Crippen MR) is 163 cm³/mol. The van der Waals surface area contributed by atoms with E-state index in [-0.39, 0.29) is 6.29 Å². The third-order valence-corrected chi connectivity index (χ3v) is 7.61. The van der Waals surface area contributed by atoms with Gasteiger partial charge in [-0.25, -0.2) is 24.0 Å². The van der Waals surface area contributed by atoms with Crippen molar-refractivity contribution < 1.29 is 23.5 Å². The van der Waals surface area contributed by atoms with Crippen molar-refractivity contribution in [2.75, 3.05) is 5.73 Å². The van der Waals surface area contributed by atoms with Crippen LogP contribution in [0.5, 0.6) is 5.75 Å². The number of aromatic nitrogens is 6. The maximum atomic E-state index is 12.9. The molecule has 4 aromatic heterocycles. The quantitative estimate of drug-likeness (QED) is 0.225. The van der Waals surface area contributed by atoms with Gasteiger partial charge in [0, 0.05) is 30.3 Å². The van der Waals surface area contributed by atoms with Gasteiger partial charge in [0.05, 0.1) is 21.7 Å². The van der Waals surface area contributed by atoms with E-state index >= 15 is 0 Å². The number of pyridine rings is 2. The molecule has 0 bridgehead atoms. The van der Waals surface area contributed by atoms with E-state index in [1.807, 2.05) is 29.0 Å². The highest BCUT2D eigenvalue weighted by atomic mass is 35.5. The lowest BCUT2D eigenvalue weighted by Gasteiger charge is -2.12. The molecule has 1 aliphatic rings. The average molecular weight is 629 g/mol. The fourth-order valence-electron chi connectivity index (χ4n) is 5.15. The first-order chi connectivity index (χ1) is 21.7. The highest BCUT2D eigenvalue weighted by Crippen LogP contribution is 2.35. The van der Waals surface area contributed by atoms with Crippen LogP contribution >= 0.6 is 11.6 Å². The number of nitrogen functional groups attached to an aromatic ring is 1. The molecule has 2 aromatic carbocycles. The lowest BCUT2D eigenvalue weighted by Crippen LogP contribution is -2.15. The van der Waals surface area contributed by atoms with Crippen molar-refractivity contribution in [3.8, 4) is 28.6 Å². The predicted octanol–water partition coefficient (Wildman–Crippen LogP) is 4.97. The number of aryl methyl sites for hydroxylation is 2. The number of aldehydes is 1. The van der Waals surface area contributed by atoms with Gasteiger partial charge in [0.1, 0.15) is 11.3 Å². The number of carbonyl (C=O) groups excluding carboxylic acids is 2. The Bertz CT molecular complexity index is 2110. The number of halogens is 3. The zero-order valence-corrected chi connectivity index (χ0v) is 24.0. The van der Waals surface area contributed by atoms with Gasteiger partial charge >= 0.3 is 0 Å². The van der Waals surface area contributed by atoms with Crippen molar-refractivity contribution in [3.63, 3.8) is 0 Å². The van der Waals surface area contributed by atoms with E-state index in [1.165, 1.54) is 17.5 Å². The lowest BCUT2D eigenvalue weighted by molar-refractivity contribution is 0.0995. The van der Waals surface area contributed by atoms with Crippen molar-refractivity contribution in [2.45, 2.75) is 19.3 Å². The van der Waals surface area contributed by atoms with Crippen LogP contribution in [0.1, 0.15) is 38.3 Å². The number of phenolic OH excluding ortho intramolecular Hbond substituents is 1. The minimum Gasteiger partial charge on any atom is -0.504 e. The summed E-state index contributed by atoms with van der Waals surface area (Å²) in [6.45, 7) is 0. The van der Waals surface area contributed by atoms with Gasteiger partial charge in [0.2, 0.25) is 5.82 Å². The molecule has 0 spiro atoms. The number of carbonyl (C=O) groups is 2. The van der Waals surface area contributed by atoms with Crippen LogP contribution in [0, 0.1) is 11.6 Å². The van der Waals surface area contributed by atoms with Crippen LogP contribution in [-0.2, 0) is 12.8 Å². The standard InChI is InChI=1S/C23H18ClN7.C8H5F2NO3/c24-18-13-19(30-11-3-10-27-30)28-23-20(18)29-22(17-6-2-9-26-21(17)25)31(23)16-8-7-14-4-1-5-15(14)12-16;9-5-4(8(11)14)1-3(2-12)7(13)6(5)10/h2-3,6-13H,1,4-5H2,(H2,25,26);1-2,13H,(H2,11,14). The van der Waals surface area contributed by atoms with E-state index in [1.54, 1.807) is 23.1 Å². The minimum absolute atomic E-state index is 0.0876. The highest BCUT2D eigenvalue weighted by molar-refractivity contribution is 6.35. The molecule has 6 aromatic rings. The number of phenols is 1. The molecule has 1 aliphatic carbocycles. The molecule has 226 valence electrons. The molecule has 0 unspecified atom stereocenters. The highest BCUT2D eigenvalue weighted by Gasteiger charge is 2.23. The number of benzene rings is 2. The second-order valence-electron chi connectivity index (χ2n) is 10.1. The molecule has 0 fully saturated rings. The number of nitrogens with two attached hydrogens (primary N) is 2. The normalized spacial score (nSPS) is 12.1. The van der Waals surface area contributed by atoms with Gasteiger partial charge < -0.3 is 16.6 Å². The number of anilines is 1. The number of amides is 1. The molecule has 4 heterocycles. The molecule has 0 radical (unpaired) electrons. The molecule has 0 saturated heterocycles. The average Bonchev–Trinajstić information content (AvgIpc) is 3.80. The Morgan fingerprint density at radius 1 is 1.02 bits per heavy atom. The van der Waals surface area contributed by atoms with Crippen molar-refractivity contribution in [1.82, 2.24) is 29.3 Å². The Balaban J connectivity index is 0.000000216. The Morgan fingerprint density at radius 2 is 1.82 bits per heavy atom. The van der Waals surface area contributed by atoms with Gasteiger partial charge in [-0.2, -0.15) is 9.49 Å². The second-order valence-corrected chi connectivity index (χ2v) is 10.5. The number of aromatic hydroxyl groups is 1. The number of fused-ring (bicyclic) bond motifs is 2. The van der Waals surface area contributed by atoms with Crippen LogP contribution in [0.3, 0.4) is 0 Å². The molecule has 0 aliphatic heterocycles. The van der Waals surface area contributed by atoms with Crippen LogP contribution in [0.25, 0.3) is 34.1 Å². The number of imidazole rings is 1. The summed E-state index contributed by atoms with van der Waals surface area (Å²) in [7, 11) is 0. The van der Waals surface area contributed by atoms with E-state index in [0.29, 0.717) is 39.7 Å². The van der Waals surface area contributed by atoms with Crippen molar-refractivity contribution in [1.29, 1.82) is 0 Å². The van der Waals surface area contributed by atoms with E-state index in [4.69, 9.17) is 38.1 Å². The smallest absolute Gasteiger partial charge is 0.251 e. The zero-order chi connectivity index (χ0) is 31.8. The van der Waals surface area contributed by atoms with E-state index in [0.717, 1.165) is 24.1 Å². The van der Waals surface area contributed by atoms with E-state index in [2.05, 4.69) is 28.3 Å². The fourth-order valence-corrected chi connectivity index (χ4v) is 5.38. The SMILES string of the molecule is NC(=O)c1cc(C=O)c(O)c(F)c1F.Nc1ncccc1-c1nc2c(Cl)cc(-n3cccn3)nc2n1-c1ccc2c(c1)CCC2. The maximum Gasteiger partial charge on any atom is 0.251 e. The zero-order valence-electron chi connectivity index (χ0n) is 23.3. The summed E-state index contributed by atoms with van der Waals surface area (Å²) >= 11 is 6.67. The van der Waals surface area contributed by atoms with Crippen LogP contribution in [0.4, 0.5) is 14.6 Å². The number of hydrogen-bond acceptors (Lipinski definition) is 8. The number of primary amides is 1. The Kier molecular flexibility index (Phi) is 7.69. The first kappa shape index (κ1) is 29.4. The second kappa shape index (κ2) is 11.8. The summed E-state index contributed by atoms with van der Waals surface area (Å²) in [4.78, 5) is 34.8. The summed E-state index contributed by atoms with van der Waals surface area (Å²) < 4.78 is 29.4. The van der Waals surface area contributed by atoms with Gasteiger partial charge in [0.15, 0.2) is 35.1 Å². The number of hydrogen-bond donors (Lipinski definition) is 3. The lowest BCUT2D eigenvalue weighted by atomic mass is 10.1. The monoisotopic (exact) mass is 628 g/mol. The first-order valence-electron chi connectivity index (χ1n) is 13.6. The molecule has 7 rings (SSSR count). The topological polar surface area (TPSA) is 168 Å². The fraction of sp³-hybridized carbons (Fsp3) is 0.0968. The van der Waals surface area contributed by atoms with Gasteiger partial charge in [-0.15, -0.1) is 0 Å².